The van der Waals surface area contributed by atoms with Crippen molar-refractivity contribution in [2.75, 3.05) is 13.2 Å². The van der Waals surface area contributed by atoms with Gasteiger partial charge in [-0.15, -0.1) is 0 Å². The standard InChI is InChI=1S/C13H21NO2/c1-9(7-15)8-16-13-5-4-12(11(3)14)6-10(13)2/h4-6,9,11,15H,7-8,14H2,1-3H3/t9?,11-/m0/s1. The molecule has 1 aromatic rings. The lowest BCUT2D eigenvalue weighted by Crippen LogP contribution is -2.13. The van der Waals surface area contributed by atoms with Gasteiger partial charge in [0.25, 0.3) is 0 Å². The van der Waals surface area contributed by atoms with Crippen LogP contribution in [0.3, 0.4) is 0 Å². The highest BCUT2D eigenvalue weighted by Crippen LogP contribution is 2.22. The van der Waals surface area contributed by atoms with E-state index in [0.717, 1.165) is 16.9 Å². The van der Waals surface area contributed by atoms with Gasteiger partial charge in [0.2, 0.25) is 0 Å². The summed E-state index contributed by atoms with van der Waals surface area (Å²) in [7, 11) is 0. The van der Waals surface area contributed by atoms with Crippen LogP contribution in [-0.4, -0.2) is 18.3 Å². The third kappa shape index (κ3) is 3.51. The SMILES string of the molecule is Cc1cc([C@H](C)N)ccc1OCC(C)CO. The molecule has 0 saturated heterocycles. The number of ether oxygens (including phenoxy) is 1. The van der Waals surface area contributed by atoms with Gasteiger partial charge in [0.05, 0.1) is 6.61 Å². The van der Waals surface area contributed by atoms with E-state index in [1.54, 1.807) is 0 Å². The van der Waals surface area contributed by atoms with Gasteiger partial charge in [-0.3, -0.25) is 0 Å². The van der Waals surface area contributed by atoms with Crippen LogP contribution < -0.4 is 10.5 Å². The molecule has 1 unspecified atom stereocenters. The van der Waals surface area contributed by atoms with Crippen LogP contribution in [-0.2, 0) is 0 Å². The molecule has 0 bridgehead atoms. The van der Waals surface area contributed by atoms with Gasteiger partial charge in [0.15, 0.2) is 0 Å². The highest BCUT2D eigenvalue weighted by atomic mass is 16.5. The lowest BCUT2D eigenvalue weighted by atomic mass is 10.1. The normalized spacial score (nSPS) is 14.6. The van der Waals surface area contributed by atoms with E-state index >= 15 is 0 Å². The number of aliphatic hydroxyl groups excluding tert-OH is 1. The molecule has 1 rings (SSSR count). The summed E-state index contributed by atoms with van der Waals surface area (Å²) in [5.41, 5.74) is 8.00. The smallest absolute Gasteiger partial charge is 0.122 e. The van der Waals surface area contributed by atoms with E-state index < -0.39 is 0 Å². The summed E-state index contributed by atoms with van der Waals surface area (Å²) < 4.78 is 5.62. The van der Waals surface area contributed by atoms with Crippen LogP contribution >= 0.6 is 0 Å². The molecule has 0 amide bonds. The summed E-state index contributed by atoms with van der Waals surface area (Å²) in [6.07, 6.45) is 0. The van der Waals surface area contributed by atoms with Gasteiger partial charge in [-0.2, -0.15) is 0 Å². The molecule has 2 atom stereocenters. The first-order chi connectivity index (χ1) is 7.54. The van der Waals surface area contributed by atoms with Gasteiger partial charge in [-0.25, -0.2) is 0 Å². The Hall–Kier alpha value is -1.06. The molecule has 0 fully saturated rings. The molecule has 0 aromatic heterocycles. The van der Waals surface area contributed by atoms with Crippen LogP contribution in [0, 0.1) is 12.8 Å². The molecule has 3 nitrogen and oxygen atoms in total. The molecule has 0 aliphatic carbocycles. The monoisotopic (exact) mass is 223 g/mol. The van der Waals surface area contributed by atoms with Crippen LogP contribution in [0.5, 0.6) is 5.75 Å². The topological polar surface area (TPSA) is 55.5 Å². The average molecular weight is 223 g/mol. The highest BCUT2D eigenvalue weighted by Gasteiger charge is 2.06. The third-order valence-corrected chi connectivity index (χ3v) is 2.56. The first-order valence-electron chi connectivity index (χ1n) is 5.64. The zero-order valence-corrected chi connectivity index (χ0v) is 10.2. The van der Waals surface area contributed by atoms with Crippen molar-refractivity contribution in [2.45, 2.75) is 26.8 Å². The van der Waals surface area contributed by atoms with Crippen LogP contribution in [0.15, 0.2) is 18.2 Å². The fourth-order valence-electron chi connectivity index (χ4n) is 1.40. The first kappa shape index (κ1) is 13.0. The fraction of sp³-hybridized carbons (Fsp3) is 0.538. The van der Waals surface area contributed by atoms with Crippen molar-refractivity contribution >= 4 is 0 Å². The van der Waals surface area contributed by atoms with E-state index in [1.807, 2.05) is 39.0 Å². The Labute approximate surface area is 97.2 Å². The minimum Gasteiger partial charge on any atom is -0.493 e. The summed E-state index contributed by atoms with van der Waals surface area (Å²) in [5, 5.41) is 8.90. The number of rotatable bonds is 5. The van der Waals surface area contributed by atoms with Gasteiger partial charge < -0.3 is 15.6 Å². The first-order valence-corrected chi connectivity index (χ1v) is 5.64. The molecule has 0 aliphatic rings. The maximum Gasteiger partial charge on any atom is 0.122 e. The summed E-state index contributed by atoms with van der Waals surface area (Å²) in [6.45, 7) is 6.60. The van der Waals surface area contributed by atoms with Crippen LogP contribution in [0.1, 0.15) is 31.0 Å². The van der Waals surface area contributed by atoms with Crippen molar-refractivity contribution in [1.29, 1.82) is 0 Å². The van der Waals surface area contributed by atoms with E-state index in [2.05, 4.69) is 0 Å². The predicted molar refractivity (Wildman–Crippen MR) is 65.5 cm³/mol. The summed E-state index contributed by atoms with van der Waals surface area (Å²) in [6, 6.07) is 6.02. The number of benzene rings is 1. The van der Waals surface area contributed by atoms with Crippen molar-refractivity contribution in [3.8, 4) is 5.75 Å². The number of nitrogens with two attached hydrogens (primary N) is 1. The number of hydrogen-bond donors (Lipinski definition) is 2. The van der Waals surface area contributed by atoms with Crippen molar-refractivity contribution in [3.63, 3.8) is 0 Å². The molecule has 3 N–H and O–H groups in total. The van der Waals surface area contributed by atoms with E-state index in [9.17, 15) is 0 Å². The molecule has 3 heteroatoms. The minimum atomic E-state index is 0.0455. The highest BCUT2D eigenvalue weighted by molar-refractivity contribution is 5.37. The zero-order chi connectivity index (χ0) is 12.1. The van der Waals surface area contributed by atoms with Crippen LogP contribution in [0.25, 0.3) is 0 Å². The Morgan fingerprint density at radius 1 is 1.38 bits per heavy atom. The molecule has 16 heavy (non-hydrogen) atoms. The van der Waals surface area contributed by atoms with Gasteiger partial charge in [0, 0.05) is 18.6 Å². The van der Waals surface area contributed by atoms with E-state index in [1.165, 1.54) is 0 Å². The van der Waals surface area contributed by atoms with Gasteiger partial charge in [-0.05, 0) is 31.0 Å². The van der Waals surface area contributed by atoms with Crippen LogP contribution in [0.2, 0.25) is 0 Å². The average Bonchev–Trinajstić information content (AvgIpc) is 2.26. The molecule has 0 spiro atoms. The van der Waals surface area contributed by atoms with Gasteiger partial charge >= 0.3 is 0 Å². The maximum absolute atomic E-state index is 8.90. The second-order valence-corrected chi connectivity index (χ2v) is 4.41. The third-order valence-electron chi connectivity index (χ3n) is 2.56. The molecule has 90 valence electrons. The molecule has 0 aliphatic heterocycles. The maximum atomic E-state index is 8.90. The van der Waals surface area contributed by atoms with Gasteiger partial charge in [-0.1, -0.05) is 19.1 Å². The summed E-state index contributed by atoms with van der Waals surface area (Å²) in [4.78, 5) is 0. The van der Waals surface area contributed by atoms with Crippen molar-refractivity contribution in [1.82, 2.24) is 0 Å². The van der Waals surface area contributed by atoms with E-state index in [0.29, 0.717) is 6.61 Å². The summed E-state index contributed by atoms with van der Waals surface area (Å²) >= 11 is 0. The van der Waals surface area contributed by atoms with E-state index in [-0.39, 0.29) is 18.6 Å². The molecule has 0 heterocycles. The lowest BCUT2D eigenvalue weighted by molar-refractivity contribution is 0.174. The second kappa shape index (κ2) is 5.87. The Balaban J connectivity index is 2.68. The molecule has 0 saturated carbocycles. The predicted octanol–water partition coefficient (Wildman–Crippen LogP) is 2.02. The fourth-order valence-corrected chi connectivity index (χ4v) is 1.40. The van der Waals surface area contributed by atoms with Crippen molar-refractivity contribution in [3.05, 3.63) is 29.3 Å². The Morgan fingerprint density at radius 3 is 2.56 bits per heavy atom. The van der Waals surface area contributed by atoms with Crippen molar-refractivity contribution in [2.24, 2.45) is 11.7 Å². The number of aliphatic hydroxyl groups is 1. The largest absolute Gasteiger partial charge is 0.493 e. The zero-order valence-electron chi connectivity index (χ0n) is 10.2. The molecular formula is C13H21NO2. The molecule has 0 radical (unpaired) electrons. The number of aryl methyl sites for hydroxylation is 1. The van der Waals surface area contributed by atoms with E-state index in [4.69, 9.17) is 15.6 Å². The number of hydrogen-bond acceptors (Lipinski definition) is 3. The summed E-state index contributed by atoms with van der Waals surface area (Å²) in [5.74, 6) is 1.03. The Kier molecular flexibility index (Phi) is 4.77. The lowest BCUT2D eigenvalue weighted by Gasteiger charge is -2.14. The van der Waals surface area contributed by atoms with Gasteiger partial charge in [0.1, 0.15) is 5.75 Å². The van der Waals surface area contributed by atoms with Crippen LogP contribution in [0.4, 0.5) is 0 Å². The quantitative estimate of drug-likeness (QED) is 0.803. The molecule has 1 aromatic carbocycles. The Morgan fingerprint density at radius 2 is 2.06 bits per heavy atom. The Bertz CT molecular complexity index is 337. The second-order valence-electron chi connectivity index (χ2n) is 4.41. The van der Waals surface area contributed by atoms with Crippen molar-refractivity contribution < 1.29 is 9.84 Å². The molecular weight excluding hydrogens is 202 g/mol. The minimum absolute atomic E-state index is 0.0455.